The molecule has 10 rings (SSSR count). The van der Waals surface area contributed by atoms with Gasteiger partial charge in [-0.05, 0) is 99.6 Å². The van der Waals surface area contributed by atoms with E-state index in [0.29, 0.717) is 5.69 Å². The lowest BCUT2D eigenvalue weighted by Gasteiger charge is -2.28. The first-order valence-corrected chi connectivity index (χ1v) is 18.4. The maximum Gasteiger partial charge on any atom is 0.0629 e. The molecule has 56 heavy (non-hydrogen) atoms. The van der Waals surface area contributed by atoms with Crippen molar-refractivity contribution >= 4 is 38.9 Å². The summed E-state index contributed by atoms with van der Waals surface area (Å²) in [4.78, 5) is 2.25. The van der Waals surface area contributed by atoms with Gasteiger partial charge in [-0.15, -0.1) is 0 Å². The summed E-state index contributed by atoms with van der Waals surface area (Å²) < 4.78 is 88.5. The molecule has 0 saturated heterocycles. The average molecular weight is 725 g/mol. The van der Waals surface area contributed by atoms with E-state index >= 15 is 0 Å². The van der Waals surface area contributed by atoms with E-state index in [1.54, 1.807) is 12.1 Å². The summed E-state index contributed by atoms with van der Waals surface area (Å²) in [7, 11) is 0. The number of benzene rings is 9. The molecule has 0 spiro atoms. The highest BCUT2D eigenvalue weighted by Gasteiger charge is 2.20. The third kappa shape index (κ3) is 6.04. The molecule has 0 saturated carbocycles. The zero-order chi connectivity index (χ0) is 46.0. The molecular formula is C54H38N2. The molecule has 0 fully saturated rings. The van der Waals surface area contributed by atoms with E-state index in [2.05, 4.69) is 71.6 Å². The van der Waals surface area contributed by atoms with Gasteiger partial charge in [0.15, 0.2) is 0 Å². The van der Waals surface area contributed by atoms with Gasteiger partial charge in [0.05, 0.1) is 30.4 Å². The van der Waals surface area contributed by atoms with Gasteiger partial charge in [-0.3, -0.25) is 0 Å². The van der Waals surface area contributed by atoms with E-state index in [1.807, 2.05) is 89.5 Å². The molecule has 0 aliphatic carbocycles. The van der Waals surface area contributed by atoms with Crippen LogP contribution in [-0.4, -0.2) is 4.57 Å². The van der Waals surface area contributed by atoms with Crippen molar-refractivity contribution in [2.45, 2.75) is 0 Å². The van der Waals surface area contributed by atoms with Crippen molar-refractivity contribution in [3.8, 4) is 50.2 Å². The molecule has 1 aromatic heterocycles. The molecule has 0 amide bonds. The second-order valence-electron chi connectivity index (χ2n) is 13.4. The molecule has 0 radical (unpaired) electrons. The molecule has 0 unspecified atom stereocenters. The fourth-order valence-electron chi connectivity index (χ4n) is 7.68. The Balaban J connectivity index is 1.23. The van der Waals surface area contributed by atoms with Crippen molar-refractivity contribution in [3.05, 3.63) is 230 Å². The molecule has 0 atom stereocenters. The summed E-state index contributed by atoms with van der Waals surface area (Å²) >= 11 is 0. The smallest absolute Gasteiger partial charge is 0.0629 e. The van der Waals surface area contributed by atoms with Crippen LogP contribution in [0.3, 0.4) is 0 Å². The maximum absolute atomic E-state index is 8.95. The monoisotopic (exact) mass is 724 g/mol. The van der Waals surface area contributed by atoms with Crippen LogP contribution in [0.1, 0.15) is 13.7 Å². The van der Waals surface area contributed by atoms with E-state index in [1.165, 1.54) is 6.07 Å². The van der Waals surface area contributed by atoms with Crippen molar-refractivity contribution < 1.29 is 13.7 Å². The molecule has 0 bridgehead atoms. The van der Waals surface area contributed by atoms with Gasteiger partial charge < -0.3 is 9.47 Å². The van der Waals surface area contributed by atoms with E-state index in [0.717, 1.165) is 61.1 Å². The van der Waals surface area contributed by atoms with Crippen LogP contribution < -0.4 is 4.90 Å². The zero-order valence-corrected chi connectivity index (χ0v) is 30.1. The molecule has 1 heterocycles. The standard InChI is InChI=1S/C54H38N2/c1-5-19-39(20-6-1)42-35-43(40-21-7-2-8-22-40)37-46(36-42)56-53-32-18-16-30-50(53)51-34-33-41(38-54(51)56)47-27-13-14-28-48(47)49-29-15-17-31-52(49)55(44-23-9-3-10-24-44)45-25-11-4-12-26-45/h1-38H/i1D,2D,5D,6D,7D,8D,19D,20D,21D,22D. The highest BCUT2D eigenvalue weighted by atomic mass is 15.1. The summed E-state index contributed by atoms with van der Waals surface area (Å²) in [5, 5.41) is 1.85. The topological polar surface area (TPSA) is 8.17 Å². The molecule has 0 N–H and O–H groups in total. The molecule has 9 aromatic carbocycles. The maximum atomic E-state index is 8.95. The number of aromatic nitrogens is 1. The number of para-hydroxylation sites is 4. The van der Waals surface area contributed by atoms with Crippen molar-refractivity contribution in [2.24, 2.45) is 0 Å². The van der Waals surface area contributed by atoms with Crippen molar-refractivity contribution in [1.29, 1.82) is 0 Å². The lowest BCUT2D eigenvalue weighted by molar-refractivity contribution is 1.18. The summed E-state index contributed by atoms with van der Waals surface area (Å²) in [5.41, 5.74) is 9.26. The van der Waals surface area contributed by atoms with Gasteiger partial charge in [-0.2, -0.15) is 0 Å². The Morgan fingerprint density at radius 3 is 1.52 bits per heavy atom. The summed E-state index contributed by atoms with van der Waals surface area (Å²) in [6, 6.07) is 51.5. The predicted octanol–water partition coefficient (Wildman–Crippen LogP) is 14.9. The van der Waals surface area contributed by atoms with E-state index in [9.17, 15) is 0 Å². The SMILES string of the molecule is [2H]c1c([2H])c([2H])c(-c2cc(-c3c([2H])c([2H])c([2H])c([2H])c3[2H])cc(-n3c4ccccc4c4ccc(-c5ccccc5-c5ccccc5N(c5ccccc5)c5ccccc5)cc43)c2)c([2H])c1[2H]. The van der Waals surface area contributed by atoms with Gasteiger partial charge in [0.1, 0.15) is 0 Å². The van der Waals surface area contributed by atoms with Crippen LogP contribution in [0.15, 0.2) is 230 Å². The van der Waals surface area contributed by atoms with E-state index in [4.69, 9.17) is 13.7 Å². The highest BCUT2D eigenvalue weighted by Crippen LogP contribution is 2.44. The minimum atomic E-state index is -0.540. The number of rotatable bonds is 8. The number of nitrogens with zero attached hydrogens (tertiary/aromatic N) is 2. The first-order valence-electron chi connectivity index (χ1n) is 23.4. The second kappa shape index (κ2) is 14.4. The van der Waals surface area contributed by atoms with Gasteiger partial charge in [0.25, 0.3) is 0 Å². The Labute approximate surface area is 341 Å². The largest absolute Gasteiger partial charge is 0.310 e. The van der Waals surface area contributed by atoms with Crippen molar-refractivity contribution in [3.63, 3.8) is 0 Å². The first-order chi connectivity index (χ1) is 31.9. The second-order valence-corrected chi connectivity index (χ2v) is 13.4. The number of fused-ring (bicyclic) bond motifs is 3. The van der Waals surface area contributed by atoms with Crippen molar-refractivity contribution in [1.82, 2.24) is 4.57 Å². The summed E-state index contributed by atoms with van der Waals surface area (Å²) in [5.74, 6) is 0. The lowest BCUT2D eigenvalue weighted by atomic mass is 9.92. The quantitative estimate of drug-likeness (QED) is 0.151. The van der Waals surface area contributed by atoms with E-state index in [-0.39, 0.29) is 22.3 Å². The fourth-order valence-corrected chi connectivity index (χ4v) is 7.68. The highest BCUT2D eigenvalue weighted by molar-refractivity contribution is 6.11. The van der Waals surface area contributed by atoms with E-state index < -0.39 is 60.4 Å². The van der Waals surface area contributed by atoms with Gasteiger partial charge in [-0.1, -0.05) is 170 Å². The number of hydrogen-bond acceptors (Lipinski definition) is 1. The molecule has 264 valence electrons. The van der Waals surface area contributed by atoms with Crippen LogP contribution in [0, 0.1) is 0 Å². The third-order valence-electron chi connectivity index (χ3n) is 10.1. The van der Waals surface area contributed by atoms with Crippen LogP contribution in [0.5, 0.6) is 0 Å². The Morgan fingerprint density at radius 2 is 0.875 bits per heavy atom. The average Bonchev–Trinajstić information content (AvgIpc) is 3.68. The van der Waals surface area contributed by atoms with Crippen LogP contribution in [0.2, 0.25) is 0 Å². The van der Waals surface area contributed by atoms with Gasteiger partial charge >= 0.3 is 0 Å². The van der Waals surface area contributed by atoms with Crippen molar-refractivity contribution in [2.75, 3.05) is 4.90 Å². The van der Waals surface area contributed by atoms with Gasteiger partial charge in [0.2, 0.25) is 0 Å². The summed E-state index contributed by atoms with van der Waals surface area (Å²) in [6.07, 6.45) is 0. The number of anilines is 3. The van der Waals surface area contributed by atoms with Crippen LogP contribution in [0.25, 0.3) is 72.0 Å². The molecule has 10 aromatic rings. The zero-order valence-electron chi connectivity index (χ0n) is 40.1. The lowest BCUT2D eigenvalue weighted by Crippen LogP contribution is -2.11. The molecule has 2 heteroatoms. The Kier molecular flexibility index (Phi) is 6.21. The normalized spacial score (nSPS) is 13.7. The predicted molar refractivity (Wildman–Crippen MR) is 237 cm³/mol. The minimum Gasteiger partial charge on any atom is -0.310 e. The third-order valence-corrected chi connectivity index (χ3v) is 10.1. The van der Waals surface area contributed by atoms with Crippen LogP contribution in [-0.2, 0) is 0 Å². The Hall–Kier alpha value is -7.42. The Morgan fingerprint density at radius 1 is 0.357 bits per heavy atom. The van der Waals surface area contributed by atoms with Crippen LogP contribution in [0.4, 0.5) is 17.1 Å². The minimum absolute atomic E-state index is 0.0782. The molecule has 2 nitrogen and oxygen atoms in total. The molecular weight excluding hydrogens is 677 g/mol. The molecule has 0 aliphatic heterocycles. The molecule has 0 aliphatic rings. The van der Waals surface area contributed by atoms with Crippen LogP contribution >= 0.6 is 0 Å². The van der Waals surface area contributed by atoms with Gasteiger partial charge in [0, 0.05) is 33.4 Å². The fraction of sp³-hybridized carbons (Fsp3) is 0. The Bertz CT molecular complexity index is 3370. The first kappa shape index (κ1) is 24.1. The summed E-state index contributed by atoms with van der Waals surface area (Å²) in [6.45, 7) is 0. The number of hydrogen-bond donors (Lipinski definition) is 0. The van der Waals surface area contributed by atoms with Gasteiger partial charge in [-0.25, -0.2) is 0 Å².